The first kappa shape index (κ1) is 18.6. The van der Waals surface area contributed by atoms with E-state index in [0.717, 1.165) is 62.0 Å². The number of hydrogen-bond donors (Lipinski definition) is 2. The number of carbonyl (C=O) groups excluding carboxylic acids is 1. The number of thiophene rings is 1. The monoisotopic (exact) mass is 388 g/mol. The molecule has 6 nitrogen and oxygen atoms in total. The van der Waals surface area contributed by atoms with Crippen LogP contribution in [0.15, 0.2) is 4.79 Å². The van der Waals surface area contributed by atoms with Crippen LogP contribution in [0.3, 0.4) is 0 Å². The molecule has 1 fully saturated rings. The maximum Gasteiger partial charge on any atom is 0.259 e. The largest absolute Gasteiger partial charge is 0.343 e. The summed E-state index contributed by atoms with van der Waals surface area (Å²) in [6.45, 7) is 6.79. The Labute approximate surface area is 163 Å². The van der Waals surface area contributed by atoms with E-state index in [1.54, 1.807) is 11.3 Å². The number of amides is 1. The van der Waals surface area contributed by atoms with Gasteiger partial charge in [0, 0.05) is 24.4 Å². The number of carbonyl (C=O) groups is 1. The molecule has 1 aliphatic heterocycles. The summed E-state index contributed by atoms with van der Waals surface area (Å²) in [5, 5.41) is 4.24. The number of nitrogens with zero attached hydrogens (tertiary/aromatic N) is 2. The topological polar surface area (TPSA) is 78.1 Å². The highest BCUT2D eigenvalue weighted by Gasteiger charge is 2.24. The van der Waals surface area contributed by atoms with Crippen molar-refractivity contribution >= 4 is 27.5 Å². The number of fused-ring (bicyclic) bond motifs is 3. The molecule has 7 heteroatoms. The summed E-state index contributed by atoms with van der Waals surface area (Å²) in [5.41, 5.74) is 1.22. The first-order chi connectivity index (χ1) is 13.0. The Hall–Kier alpha value is -1.73. The molecule has 2 aromatic rings. The Morgan fingerprint density at radius 3 is 3.00 bits per heavy atom. The number of aromatic amines is 1. The van der Waals surface area contributed by atoms with Crippen LogP contribution in [0.1, 0.15) is 61.8 Å². The van der Waals surface area contributed by atoms with Gasteiger partial charge < -0.3 is 15.2 Å². The molecule has 2 aliphatic rings. The zero-order valence-corrected chi connectivity index (χ0v) is 17.0. The van der Waals surface area contributed by atoms with Crippen molar-refractivity contribution < 1.29 is 4.79 Å². The van der Waals surface area contributed by atoms with E-state index < -0.39 is 0 Å². The van der Waals surface area contributed by atoms with Crippen molar-refractivity contribution in [2.24, 2.45) is 5.92 Å². The Balaban J connectivity index is 1.42. The standard InChI is InChI=1S/C20H28N4O2S/c1-12-6-7-14-15(11-12)27-20-17(14)19(26)22-18(23-20)13(2)21-8-4-10-24-9-3-5-16(24)25/h12-13,21H,3-11H2,1-2H3,(H,22,23,26)/t12-,13-/m1/s1. The first-order valence-corrected chi connectivity index (χ1v) is 10.9. The van der Waals surface area contributed by atoms with Gasteiger partial charge in [-0.25, -0.2) is 4.98 Å². The van der Waals surface area contributed by atoms with Crippen molar-refractivity contribution in [1.29, 1.82) is 0 Å². The Kier molecular flexibility index (Phi) is 5.32. The fourth-order valence-electron chi connectivity index (χ4n) is 4.20. The third kappa shape index (κ3) is 3.80. The van der Waals surface area contributed by atoms with Crippen LogP contribution in [0.2, 0.25) is 0 Å². The number of hydrogen-bond acceptors (Lipinski definition) is 5. The second-order valence-corrected chi connectivity index (χ2v) is 9.08. The minimum atomic E-state index is -0.0190. The number of H-pyrrole nitrogens is 1. The van der Waals surface area contributed by atoms with Crippen molar-refractivity contribution in [2.75, 3.05) is 19.6 Å². The molecular formula is C20H28N4O2S. The molecule has 3 heterocycles. The van der Waals surface area contributed by atoms with Gasteiger partial charge in [0.15, 0.2) is 0 Å². The van der Waals surface area contributed by atoms with Crippen molar-refractivity contribution in [3.05, 3.63) is 26.6 Å². The molecule has 1 aliphatic carbocycles. The van der Waals surface area contributed by atoms with E-state index in [1.807, 2.05) is 11.8 Å². The highest BCUT2D eigenvalue weighted by molar-refractivity contribution is 7.18. The molecular weight excluding hydrogens is 360 g/mol. The fraction of sp³-hybridized carbons (Fsp3) is 0.650. The Bertz CT molecular complexity index is 903. The second kappa shape index (κ2) is 7.72. The van der Waals surface area contributed by atoms with Crippen LogP contribution in [-0.4, -0.2) is 40.4 Å². The van der Waals surface area contributed by atoms with Crippen LogP contribution in [-0.2, 0) is 17.6 Å². The summed E-state index contributed by atoms with van der Waals surface area (Å²) in [6.07, 6.45) is 5.79. The molecule has 0 bridgehead atoms. The summed E-state index contributed by atoms with van der Waals surface area (Å²) in [7, 11) is 0. The summed E-state index contributed by atoms with van der Waals surface area (Å²) in [6, 6.07) is -0.0190. The summed E-state index contributed by atoms with van der Waals surface area (Å²) >= 11 is 1.69. The molecule has 0 aromatic carbocycles. The van der Waals surface area contributed by atoms with E-state index >= 15 is 0 Å². The molecule has 146 valence electrons. The SMILES string of the molecule is C[C@@H]1CCc2c(sc3nc([C@@H](C)NCCCN4CCCC4=O)[nH]c(=O)c23)C1. The third-order valence-corrected chi connectivity index (χ3v) is 6.97. The number of aryl methyl sites for hydroxylation is 1. The molecule has 0 saturated carbocycles. The van der Waals surface area contributed by atoms with E-state index in [-0.39, 0.29) is 17.5 Å². The number of likely N-dealkylation sites (tertiary alicyclic amines) is 1. The van der Waals surface area contributed by atoms with Crippen molar-refractivity contribution in [3.63, 3.8) is 0 Å². The molecule has 2 atom stereocenters. The van der Waals surface area contributed by atoms with Crippen LogP contribution in [0.25, 0.3) is 10.2 Å². The van der Waals surface area contributed by atoms with E-state index in [9.17, 15) is 9.59 Å². The molecule has 0 radical (unpaired) electrons. The summed E-state index contributed by atoms with van der Waals surface area (Å²) < 4.78 is 0. The predicted molar refractivity (Wildman–Crippen MR) is 108 cm³/mol. The molecule has 1 saturated heterocycles. The van der Waals surface area contributed by atoms with Gasteiger partial charge in [0.05, 0.1) is 11.4 Å². The van der Waals surface area contributed by atoms with E-state index in [1.165, 1.54) is 10.4 Å². The first-order valence-electron chi connectivity index (χ1n) is 10.1. The normalized spacial score (nSPS) is 21.0. The van der Waals surface area contributed by atoms with Gasteiger partial charge >= 0.3 is 0 Å². The van der Waals surface area contributed by atoms with Crippen molar-refractivity contribution in [3.8, 4) is 0 Å². The smallest absolute Gasteiger partial charge is 0.259 e. The lowest BCUT2D eigenvalue weighted by molar-refractivity contribution is -0.127. The number of aromatic nitrogens is 2. The minimum absolute atomic E-state index is 0.00151. The molecule has 0 unspecified atom stereocenters. The zero-order valence-electron chi connectivity index (χ0n) is 16.1. The zero-order chi connectivity index (χ0) is 19.0. The average Bonchev–Trinajstić information content (AvgIpc) is 3.21. The molecule has 4 rings (SSSR count). The highest BCUT2D eigenvalue weighted by Crippen LogP contribution is 2.35. The minimum Gasteiger partial charge on any atom is -0.343 e. The van der Waals surface area contributed by atoms with Gasteiger partial charge in [0.1, 0.15) is 10.7 Å². The molecule has 2 N–H and O–H groups in total. The lowest BCUT2D eigenvalue weighted by Crippen LogP contribution is -2.30. The van der Waals surface area contributed by atoms with E-state index in [0.29, 0.717) is 18.2 Å². The maximum absolute atomic E-state index is 12.7. The van der Waals surface area contributed by atoms with Gasteiger partial charge in [-0.15, -0.1) is 11.3 Å². The van der Waals surface area contributed by atoms with Gasteiger partial charge in [0.2, 0.25) is 5.91 Å². The third-order valence-electron chi connectivity index (χ3n) is 5.82. The highest BCUT2D eigenvalue weighted by atomic mass is 32.1. The van der Waals surface area contributed by atoms with E-state index in [2.05, 4.69) is 17.2 Å². The van der Waals surface area contributed by atoms with Gasteiger partial charge in [-0.05, 0) is 57.1 Å². The lowest BCUT2D eigenvalue weighted by atomic mass is 9.89. The maximum atomic E-state index is 12.7. The van der Waals surface area contributed by atoms with Gasteiger partial charge in [0.25, 0.3) is 5.56 Å². The van der Waals surface area contributed by atoms with Crippen LogP contribution in [0.4, 0.5) is 0 Å². The lowest BCUT2D eigenvalue weighted by Gasteiger charge is -2.17. The van der Waals surface area contributed by atoms with Crippen LogP contribution in [0.5, 0.6) is 0 Å². The Morgan fingerprint density at radius 2 is 2.22 bits per heavy atom. The van der Waals surface area contributed by atoms with Crippen LogP contribution >= 0.6 is 11.3 Å². The molecule has 1 amide bonds. The average molecular weight is 389 g/mol. The van der Waals surface area contributed by atoms with Gasteiger partial charge in [-0.2, -0.15) is 0 Å². The number of rotatable bonds is 6. The summed E-state index contributed by atoms with van der Waals surface area (Å²) in [5.74, 6) is 1.67. The van der Waals surface area contributed by atoms with Gasteiger partial charge in [-0.1, -0.05) is 6.92 Å². The van der Waals surface area contributed by atoms with Crippen molar-refractivity contribution in [2.45, 2.75) is 58.4 Å². The molecule has 27 heavy (non-hydrogen) atoms. The van der Waals surface area contributed by atoms with Crippen molar-refractivity contribution in [1.82, 2.24) is 20.2 Å². The molecule has 2 aromatic heterocycles. The van der Waals surface area contributed by atoms with E-state index in [4.69, 9.17) is 4.98 Å². The van der Waals surface area contributed by atoms with Gasteiger partial charge in [-0.3, -0.25) is 9.59 Å². The quantitative estimate of drug-likeness (QED) is 0.746. The molecule has 0 spiro atoms. The number of nitrogens with one attached hydrogen (secondary N) is 2. The Morgan fingerprint density at radius 1 is 1.37 bits per heavy atom. The second-order valence-electron chi connectivity index (χ2n) is 8.00. The fourth-order valence-corrected chi connectivity index (χ4v) is 5.59. The predicted octanol–water partition coefficient (Wildman–Crippen LogP) is 2.77. The van der Waals surface area contributed by atoms with Crippen LogP contribution in [0, 0.1) is 5.92 Å². The summed E-state index contributed by atoms with van der Waals surface area (Å²) in [4.78, 5) is 36.3. The van der Waals surface area contributed by atoms with Crippen LogP contribution < -0.4 is 10.9 Å².